The van der Waals surface area contributed by atoms with Gasteiger partial charge in [0.15, 0.2) is 5.78 Å². The van der Waals surface area contributed by atoms with Crippen LogP contribution in [0, 0.1) is 20.8 Å². The Labute approximate surface area is 144 Å². The number of para-hydroxylation sites is 1. The van der Waals surface area contributed by atoms with Crippen LogP contribution in [0.3, 0.4) is 0 Å². The molecule has 126 valence electrons. The molecule has 0 aliphatic rings. The second-order valence-electron chi connectivity index (χ2n) is 5.51. The summed E-state index contributed by atoms with van der Waals surface area (Å²) in [5, 5.41) is 3.15. The first kappa shape index (κ1) is 17.9. The highest BCUT2D eigenvalue weighted by Gasteiger charge is 2.16. The molecule has 2 aromatic rings. The van der Waals surface area contributed by atoms with Crippen LogP contribution in [0.15, 0.2) is 28.0 Å². The first-order valence-electron chi connectivity index (χ1n) is 7.40. The van der Waals surface area contributed by atoms with Crippen molar-refractivity contribution in [1.29, 1.82) is 0 Å². The zero-order chi connectivity index (χ0) is 17.9. The fraction of sp³-hybridized carbons (Fsp3) is 0.294. The van der Waals surface area contributed by atoms with Gasteiger partial charge in [-0.25, -0.2) is 4.79 Å². The summed E-state index contributed by atoms with van der Waals surface area (Å²) in [6.45, 7) is 6.89. The molecule has 1 amide bonds. The van der Waals surface area contributed by atoms with Crippen LogP contribution in [0.4, 0.5) is 5.69 Å². The molecule has 0 saturated carbocycles. The van der Waals surface area contributed by atoms with Crippen LogP contribution in [0.1, 0.15) is 34.1 Å². The maximum atomic E-state index is 12.2. The summed E-state index contributed by atoms with van der Waals surface area (Å²) in [7, 11) is 0. The lowest BCUT2D eigenvalue weighted by molar-refractivity contribution is -0.113. The predicted molar refractivity (Wildman–Crippen MR) is 94.9 cm³/mol. The minimum Gasteiger partial charge on any atom is -0.325 e. The maximum Gasteiger partial charge on any atom is 0.346 e. The van der Waals surface area contributed by atoms with Crippen molar-refractivity contribution in [2.45, 2.75) is 32.7 Å². The molecule has 0 aliphatic carbocycles. The van der Waals surface area contributed by atoms with E-state index in [1.807, 2.05) is 32.0 Å². The van der Waals surface area contributed by atoms with Crippen molar-refractivity contribution in [3.63, 3.8) is 0 Å². The summed E-state index contributed by atoms with van der Waals surface area (Å²) in [5.41, 5.74) is 3.01. The fourth-order valence-electron chi connectivity index (χ4n) is 2.40. The molecular formula is C17H19N3O3S. The van der Waals surface area contributed by atoms with Crippen molar-refractivity contribution >= 4 is 29.1 Å². The minimum atomic E-state index is -0.532. The molecular weight excluding hydrogens is 326 g/mol. The molecule has 24 heavy (non-hydrogen) atoms. The number of ketones is 1. The SMILES string of the molecule is CC(=O)c1c(SCC(=O)Nc2c(C)cccc2C)nc(=O)[nH]c1C. The number of rotatable bonds is 5. The van der Waals surface area contributed by atoms with Gasteiger partial charge < -0.3 is 10.3 Å². The summed E-state index contributed by atoms with van der Waals surface area (Å²) in [4.78, 5) is 41.8. The largest absolute Gasteiger partial charge is 0.346 e. The molecule has 0 saturated heterocycles. The molecule has 1 aromatic carbocycles. The van der Waals surface area contributed by atoms with Gasteiger partial charge in [0.2, 0.25) is 5.91 Å². The third kappa shape index (κ3) is 4.11. The highest BCUT2D eigenvalue weighted by Crippen LogP contribution is 2.23. The van der Waals surface area contributed by atoms with Crippen LogP contribution in [0.5, 0.6) is 0 Å². The molecule has 2 N–H and O–H groups in total. The average molecular weight is 345 g/mol. The van der Waals surface area contributed by atoms with Gasteiger partial charge in [-0.3, -0.25) is 9.59 Å². The number of nitrogens with zero attached hydrogens (tertiary/aromatic N) is 1. The van der Waals surface area contributed by atoms with Gasteiger partial charge in [-0.1, -0.05) is 30.0 Å². The van der Waals surface area contributed by atoms with E-state index < -0.39 is 5.69 Å². The fourth-order valence-corrected chi connectivity index (χ4v) is 3.33. The number of aryl methyl sites for hydroxylation is 3. The van der Waals surface area contributed by atoms with Crippen molar-refractivity contribution in [3.05, 3.63) is 51.1 Å². The summed E-state index contributed by atoms with van der Waals surface area (Å²) in [6, 6.07) is 5.77. The van der Waals surface area contributed by atoms with Gasteiger partial charge in [-0.2, -0.15) is 4.98 Å². The lowest BCUT2D eigenvalue weighted by Gasteiger charge is -2.12. The molecule has 1 heterocycles. The van der Waals surface area contributed by atoms with E-state index in [0.29, 0.717) is 11.3 Å². The maximum absolute atomic E-state index is 12.2. The van der Waals surface area contributed by atoms with E-state index in [2.05, 4.69) is 15.3 Å². The van der Waals surface area contributed by atoms with Crippen molar-refractivity contribution in [1.82, 2.24) is 9.97 Å². The topological polar surface area (TPSA) is 91.9 Å². The molecule has 0 spiro atoms. The number of H-pyrrole nitrogens is 1. The monoisotopic (exact) mass is 345 g/mol. The number of aromatic amines is 1. The second-order valence-corrected chi connectivity index (χ2v) is 6.47. The van der Waals surface area contributed by atoms with Crippen LogP contribution in [-0.2, 0) is 4.79 Å². The Bertz CT molecular complexity index is 838. The summed E-state index contributed by atoms with van der Waals surface area (Å²) in [5.74, 6) is -0.357. The molecule has 0 unspecified atom stereocenters. The number of thioether (sulfide) groups is 1. The smallest absolute Gasteiger partial charge is 0.325 e. The van der Waals surface area contributed by atoms with Crippen molar-refractivity contribution in [3.8, 4) is 0 Å². The third-order valence-corrected chi connectivity index (χ3v) is 4.50. The normalized spacial score (nSPS) is 10.5. The van der Waals surface area contributed by atoms with E-state index in [1.165, 1.54) is 6.92 Å². The molecule has 0 atom stereocenters. The standard InChI is InChI=1S/C17H19N3O3S/c1-9-6-5-7-10(2)15(9)19-13(22)8-24-16-14(12(4)21)11(3)18-17(23)20-16/h5-7H,8H2,1-4H3,(H,19,22)(H,18,20,23). The zero-order valence-corrected chi connectivity index (χ0v) is 14.8. The number of hydrogen-bond acceptors (Lipinski definition) is 5. The number of hydrogen-bond donors (Lipinski definition) is 2. The van der Waals surface area contributed by atoms with Crippen molar-refractivity contribution in [2.75, 3.05) is 11.1 Å². The van der Waals surface area contributed by atoms with Crippen molar-refractivity contribution < 1.29 is 9.59 Å². The van der Waals surface area contributed by atoms with Gasteiger partial charge in [0.05, 0.1) is 11.3 Å². The molecule has 1 aromatic heterocycles. The van der Waals surface area contributed by atoms with E-state index in [0.717, 1.165) is 28.6 Å². The molecule has 0 radical (unpaired) electrons. The number of Topliss-reactive ketones (excluding diaryl/α,β-unsaturated/α-hetero) is 1. The number of anilines is 1. The van der Waals surface area contributed by atoms with E-state index in [4.69, 9.17) is 0 Å². The Kier molecular flexibility index (Phi) is 5.56. The molecule has 0 aliphatic heterocycles. The van der Waals surface area contributed by atoms with Crippen LogP contribution in [-0.4, -0.2) is 27.4 Å². The first-order valence-corrected chi connectivity index (χ1v) is 8.39. The highest BCUT2D eigenvalue weighted by molar-refractivity contribution is 8.00. The van der Waals surface area contributed by atoms with E-state index in [-0.39, 0.29) is 22.5 Å². The lowest BCUT2D eigenvalue weighted by Crippen LogP contribution is -2.19. The lowest BCUT2D eigenvalue weighted by atomic mass is 10.1. The number of carbonyl (C=O) groups is 2. The number of nitrogens with one attached hydrogen (secondary N) is 2. The Morgan fingerprint density at radius 3 is 2.42 bits per heavy atom. The molecule has 7 heteroatoms. The third-order valence-electron chi connectivity index (χ3n) is 3.52. The number of aromatic nitrogens is 2. The number of carbonyl (C=O) groups excluding carboxylic acids is 2. The molecule has 2 rings (SSSR count). The van der Waals surface area contributed by atoms with Crippen LogP contribution >= 0.6 is 11.8 Å². The molecule has 6 nitrogen and oxygen atoms in total. The van der Waals surface area contributed by atoms with E-state index >= 15 is 0 Å². The highest BCUT2D eigenvalue weighted by atomic mass is 32.2. The Balaban J connectivity index is 2.15. The Morgan fingerprint density at radius 1 is 1.21 bits per heavy atom. The van der Waals surface area contributed by atoms with Crippen LogP contribution in [0.2, 0.25) is 0 Å². The summed E-state index contributed by atoms with van der Waals surface area (Å²) < 4.78 is 0. The Morgan fingerprint density at radius 2 is 1.83 bits per heavy atom. The minimum absolute atomic E-state index is 0.0595. The van der Waals surface area contributed by atoms with Crippen molar-refractivity contribution in [2.24, 2.45) is 0 Å². The van der Waals surface area contributed by atoms with E-state index in [1.54, 1.807) is 6.92 Å². The first-order chi connectivity index (χ1) is 11.3. The van der Waals surface area contributed by atoms with Crippen LogP contribution in [0.25, 0.3) is 0 Å². The van der Waals surface area contributed by atoms with E-state index in [9.17, 15) is 14.4 Å². The Hall–Kier alpha value is -2.41. The van der Waals surface area contributed by atoms with Gasteiger partial charge in [0.1, 0.15) is 5.03 Å². The van der Waals surface area contributed by atoms with Gasteiger partial charge in [-0.15, -0.1) is 0 Å². The summed E-state index contributed by atoms with van der Waals surface area (Å²) in [6.07, 6.45) is 0. The quantitative estimate of drug-likeness (QED) is 0.494. The zero-order valence-electron chi connectivity index (χ0n) is 14.0. The predicted octanol–water partition coefficient (Wildman–Crippen LogP) is 2.63. The number of benzene rings is 1. The number of amides is 1. The van der Waals surface area contributed by atoms with Gasteiger partial charge in [-0.05, 0) is 38.8 Å². The van der Waals surface area contributed by atoms with Gasteiger partial charge >= 0.3 is 5.69 Å². The van der Waals surface area contributed by atoms with Crippen LogP contribution < -0.4 is 11.0 Å². The second kappa shape index (κ2) is 7.44. The van der Waals surface area contributed by atoms with Gasteiger partial charge in [0, 0.05) is 11.4 Å². The summed E-state index contributed by atoms with van der Waals surface area (Å²) >= 11 is 1.08. The van der Waals surface area contributed by atoms with Gasteiger partial charge in [0.25, 0.3) is 0 Å². The molecule has 0 fully saturated rings. The molecule has 0 bridgehead atoms. The average Bonchev–Trinajstić information content (AvgIpc) is 2.48.